The van der Waals surface area contributed by atoms with Gasteiger partial charge in [0.15, 0.2) is 0 Å². The van der Waals surface area contributed by atoms with Crippen LogP contribution >= 0.6 is 22.6 Å². The molecule has 0 atom stereocenters. The zero-order valence-corrected chi connectivity index (χ0v) is 14.3. The lowest BCUT2D eigenvalue weighted by atomic mass is 10.2. The molecule has 1 aromatic rings. The molecular formula is C15H19IO5. The van der Waals surface area contributed by atoms with Crippen LogP contribution in [0.5, 0.6) is 5.75 Å². The first-order chi connectivity index (χ1) is 10.1. The maximum Gasteiger partial charge on any atom is 0.371 e. The van der Waals surface area contributed by atoms with Crippen LogP contribution in [0.25, 0.3) is 6.08 Å². The lowest BCUT2D eigenvalue weighted by Crippen LogP contribution is -2.07. The molecule has 0 saturated heterocycles. The maximum absolute atomic E-state index is 11.0. The van der Waals surface area contributed by atoms with E-state index in [4.69, 9.17) is 19.3 Å². The van der Waals surface area contributed by atoms with Gasteiger partial charge in [-0.3, -0.25) is 0 Å². The average Bonchev–Trinajstić information content (AvgIpc) is 2.46. The standard InChI is InChI=1S/C15H19IO5/c1-3-19-7-8-21-13-9-11(5-6-12(13)16)10-14(15(17)18)20-4-2/h5-6,9-10H,3-4,7-8H2,1-2H3,(H,17,18)/b14-10-. The van der Waals surface area contributed by atoms with Gasteiger partial charge in [-0.15, -0.1) is 0 Å². The minimum Gasteiger partial charge on any atom is -0.490 e. The minimum atomic E-state index is -1.09. The Labute approximate surface area is 138 Å². The van der Waals surface area contributed by atoms with Crippen molar-refractivity contribution < 1.29 is 24.1 Å². The van der Waals surface area contributed by atoms with Crippen LogP contribution in [0, 0.1) is 3.57 Å². The highest BCUT2D eigenvalue weighted by molar-refractivity contribution is 14.1. The molecule has 5 nitrogen and oxygen atoms in total. The first-order valence-electron chi connectivity index (χ1n) is 6.66. The van der Waals surface area contributed by atoms with Crippen LogP contribution < -0.4 is 4.74 Å². The summed E-state index contributed by atoms with van der Waals surface area (Å²) in [6.07, 6.45) is 1.48. The third kappa shape index (κ3) is 6.34. The number of hydrogen-bond acceptors (Lipinski definition) is 4. The second kappa shape index (κ2) is 9.62. The zero-order valence-electron chi connectivity index (χ0n) is 12.1. The summed E-state index contributed by atoms with van der Waals surface area (Å²) < 4.78 is 16.9. The molecule has 0 radical (unpaired) electrons. The van der Waals surface area contributed by atoms with Gasteiger partial charge in [0.1, 0.15) is 12.4 Å². The summed E-state index contributed by atoms with van der Waals surface area (Å²) in [5, 5.41) is 9.05. The largest absolute Gasteiger partial charge is 0.490 e. The quantitative estimate of drug-likeness (QED) is 0.296. The molecular weight excluding hydrogens is 387 g/mol. The number of halogens is 1. The highest BCUT2D eigenvalue weighted by atomic mass is 127. The van der Waals surface area contributed by atoms with E-state index in [2.05, 4.69) is 22.6 Å². The number of carbonyl (C=O) groups is 1. The molecule has 0 spiro atoms. The molecule has 0 amide bonds. The molecule has 0 bridgehead atoms. The van der Waals surface area contributed by atoms with E-state index in [9.17, 15) is 4.79 Å². The van der Waals surface area contributed by atoms with E-state index in [-0.39, 0.29) is 5.76 Å². The van der Waals surface area contributed by atoms with E-state index in [0.717, 1.165) is 3.57 Å². The predicted molar refractivity (Wildman–Crippen MR) is 88.4 cm³/mol. The lowest BCUT2D eigenvalue weighted by molar-refractivity contribution is -0.136. The molecule has 0 aliphatic rings. The highest BCUT2D eigenvalue weighted by Gasteiger charge is 2.09. The summed E-state index contributed by atoms with van der Waals surface area (Å²) >= 11 is 2.17. The molecule has 0 aliphatic heterocycles. The Bertz CT molecular complexity index is 499. The van der Waals surface area contributed by atoms with Crippen LogP contribution in [0.1, 0.15) is 19.4 Å². The molecule has 1 rings (SSSR count). The van der Waals surface area contributed by atoms with Gasteiger partial charge in [-0.2, -0.15) is 0 Å². The van der Waals surface area contributed by atoms with Crippen LogP contribution in [0.2, 0.25) is 0 Å². The molecule has 0 aliphatic carbocycles. The van der Waals surface area contributed by atoms with Crippen LogP contribution in [0.4, 0.5) is 0 Å². The van der Waals surface area contributed by atoms with Gasteiger partial charge in [0.05, 0.1) is 16.8 Å². The van der Waals surface area contributed by atoms with E-state index in [1.54, 1.807) is 13.0 Å². The van der Waals surface area contributed by atoms with Gasteiger partial charge >= 0.3 is 5.97 Å². The van der Waals surface area contributed by atoms with Crippen LogP contribution in [-0.2, 0) is 14.3 Å². The fourth-order valence-corrected chi connectivity index (χ4v) is 2.04. The van der Waals surface area contributed by atoms with Gasteiger partial charge in [-0.1, -0.05) is 6.07 Å². The van der Waals surface area contributed by atoms with Gasteiger partial charge in [0, 0.05) is 6.61 Å². The van der Waals surface area contributed by atoms with Crippen molar-refractivity contribution in [3.8, 4) is 5.75 Å². The summed E-state index contributed by atoms with van der Waals surface area (Å²) in [6, 6.07) is 5.47. The highest BCUT2D eigenvalue weighted by Crippen LogP contribution is 2.23. The fraction of sp³-hybridized carbons (Fsp3) is 0.400. The average molecular weight is 406 g/mol. The Morgan fingerprint density at radius 2 is 2.05 bits per heavy atom. The summed E-state index contributed by atoms with van der Waals surface area (Å²) in [5.41, 5.74) is 0.715. The first-order valence-corrected chi connectivity index (χ1v) is 7.74. The van der Waals surface area contributed by atoms with Crippen molar-refractivity contribution in [2.24, 2.45) is 0 Å². The molecule has 1 aromatic carbocycles. The van der Waals surface area contributed by atoms with Gasteiger partial charge < -0.3 is 19.3 Å². The number of carboxylic acid groups (broad SMARTS) is 1. The number of carboxylic acids is 1. The number of ether oxygens (including phenoxy) is 3. The molecule has 0 fully saturated rings. The molecule has 0 heterocycles. The smallest absolute Gasteiger partial charge is 0.371 e. The molecule has 1 N–H and O–H groups in total. The number of rotatable bonds is 9. The zero-order chi connectivity index (χ0) is 15.7. The number of benzene rings is 1. The van der Waals surface area contributed by atoms with E-state index < -0.39 is 5.97 Å². The van der Waals surface area contributed by atoms with Gasteiger partial charge in [0.2, 0.25) is 5.76 Å². The third-order valence-electron chi connectivity index (χ3n) is 2.45. The van der Waals surface area contributed by atoms with Crippen molar-refractivity contribution in [3.05, 3.63) is 33.1 Å². The third-order valence-corrected chi connectivity index (χ3v) is 3.34. The van der Waals surface area contributed by atoms with Crippen LogP contribution in [-0.4, -0.2) is 37.5 Å². The van der Waals surface area contributed by atoms with Crippen LogP contribution in [0.15, 0.2) is 24.0 Å². The normalized spacial score (nSPS) is 11.3. The number of hydrogen-bond donors (Lipinski definition) is 1. The van der Waals surface area contributed by atoms with E-state index >= 15 is 0 Å². The van der Waals surface area contributed by atoms with Crippen molar-refractivity contribution in [3.63, 3.8) is 0 Å². The van der Waals surface area contributed by atoms with Crippen molar-refractivity contribution in [1.82, 2.24) is 0 Å². The summed E-state index contributed by atoms with van der Waals surface area (Å²) in [5.74, 6) is -0.474. The van der Waals surface area contributed by atoms with E-state index in [0.29, 0.717) is 37.7 Å². The Balaban J connectivity index is 2.84. The Morgan fingerprint density at radius 3 is 2.67 bits per heavy atom. The second-order valence-electron chi connectivity index (χ2n) is 3.98. The molecule has 21 heavy (non-hydrogen) atoms. The van der Waals surface area contributed by atoms with Crippen LogP contribution in [0.3, 0.4) is 0 Å². The fourth-order valence-electron chi connectivity index (χ4n) is 1.55. The first kappa shape index (κ1) is 17.8. The Morgan fingerprint density at radius 1 is 1.29 bits per heavy atom. The maximum atomic E-state index is 11.0. The molecule has 0 unspecified atom stereocenters. The molecule has 6 heteroatoms. The summed E-state index contributed by atoms with van der Waals surface area (Å²) in [7, 11) is 0. The topological polar surface area (TPSA) is 65.0 Å². The monoisotopic (exact) mass is 406 g/mol. The summed E-state index contributed by atoms with van der Waals surface area (Å²) in [6.45, 7) is 5.60. The Kier molecular flexibility index (Phi) is 8.14. The number of aliphatic carboxylic acids is 1. The van der Waals surface area contributed by atoms with Crippen molar-refractivity contribution >= 4 is 34.6 Å². The molecule has 0 saturated carbocycles. The second-order valence-corrected chi connectivity index (χ2v) is 5.14. The predicted octanol–water partition coefficient (Wildman–Crippen LogP) is 3.17. The molecule has 116 valence electrons. The van der Waals surface area contributed by atoms with Gasteiger partial charge in [-0.25, -0.2) is 4.79 Å². The van der Waals surface area contributed by atoms with Gasteiger partial charge in [0.25, 0.3) is 0 Å². The van der Waals surface area contributed by atoms with Gasteiger partial charge in [-0.05, 0) is 60.2 Å². The lowest BCUT2D eigenvalue weighted by Gasteiger charge is -2.10. The SMILES string of the molecule is CCOCCOc1cc(/C=C(\OCC)C(=O)O)ccc1I. The minimum absolute atomic E-state index is 0.0843. The molecule has 0 aromatic heterocycles. The van der Waals surface area contributed by atoms with Crippen molar-refractivity contribution in [2.75, 3.05) is 26.4 Å². The van der Waals surface area contributed by atoms with Crippen molar-refractivity contribution in [2.45, 2.75) is 13.8 Å². The summed E-state index contributed by atoms with van der Waals surface area (Å²) in [4.78, 5) is 11.0. The van der Waals surface area contributed by atoms with E-state index in [1.807, 2.05) is 19.1 Å². The van der Waals surface area contributed by atoms with Crippen molar-refractivity contribution in [1.29, 1.82) is 0 Å². The Hall–Kier alpha value is -1.28. The van der Waals surface area contributed by atoms with E-state index in [1.165, 1.54) is 6.08 Å².